The number of aromatic nitrogens is 4. The van der Waals surface area contributed by atoms with Crippen LogP contribution in [-0.2, 0) is 19.8 Å². The molecule has 0 saturated carbocycles. The van der Waals surface area contributed by atoms with Crippen LogP contribution in [0.5, 0.6) is 5.75 Å². The molecule has 2 heterocycles. The second-order valence-corrected chi connectivity index (χ2v) is 6.16. The van der Waals surface area contributed by atoms with Gasteiger partial charge < -0.3 is 10.1 Å². The van der Waals surface area contributed by atoms with Gasteiger partial charge in [-0.1, -0.05) is 11.6 Å². The van der Waals surface area contributed by atoms with Crippen LogP contribution in [0.15, 0.2) is 42.7 Å². The van der Waals surface area contributed by atoms with E-state index in [1.165, 1.54) is 0 Å². The van der Waals surface area contributed by atoms with E-state index in [-0.39, 0.29) is 12.6 Å². The number of amides is 1. The zero-order chi connectivity index (χ0) is 18.5. The lowest BCUT2D eigenvalue weighted by Gasteiger charge is -2.06. The number of hydrogen-bond donors (Lipinski definition) is 1. The largest absolute Gasteiger partial charge is 0.471 e. The van der Waals surface area contributed by atoms with Crippen molar-refractivity contribution in [2.45, 2.75) is 33.7 Å². The van der Waals surface area contributed by atoms with Gasteiger partial charge in [-0.25, -0.2) is 4.68 Å². The highest BCUT2D eigenvalue weighted by atomic mass is 35.5. The topological polar surface area (TPSA) is 74.0 Å². The summed E-state index contributed by atoms with van der Waals surface area (Å²) in [6.45, 7) is 5.44. The molecular weight excluding hydrogens is 354 g/mol. The lowest BCUT2D eigenvalue weighted by Crippen LogP contribution is -2.24. The minimum Gasteiger partial charge on any atom is -0.471 e. The molecule has 1 amide bonds. The molecule has 26 heavy (non-hydrogen) atoms. The lowest BCUT2D eigenvalue weighted by molar-refractivity contribution is 0.0944. The van der Waals surface area contributed by atoms with Crippen LogP contribution in [-0.4, -0.2) is 25.5 Å². The Bertz CT molecular complexity index is 885. The van der Waals surface area contributed by atoms with Crippen LogP contribution in [0.1, 0.15) is 28.7 Å². The third-order valence-corrected chi connectivity index (χ3v) is 4.25. The molecule has 0 radical (unpaired) electrons. The van der Waals surface area contributed by atoms with Crippen LogP contribution in [0, 0.1) is 6.92 Å². The Hall–Kier alpha value is -2.80. The molecule has 3 rings (SSSR count). The SMILES string of the molecule is CCn1ncc(CNC(=O)c2ccn(COc3ccc(Cl)cc3)n2)c1C. The van der Waals surface area contributed by atoms with Crippen molar-refractivity contribution in [3.8, 4) is 5.75 Å². The maximum atomic E-state index is 12.3. The van der Waals surface area contributed by atoms with Gasteiger partial charge in [0.15, 0.2) is 6.73 Å². The van der Waals surface area contributed by atoms with E-state index >= 15 is 0 Å². The Morgan fingerprint density at radius 3 is 2.73 bits per heavy atom. The molecule has 0 spiro atoms. The third-order valence-electron chi connectivity index (χ3n) is 3.99. The van der Waals surface area contributed by atoms with Crippen molar-refractivity contribution in [3.63, 3.8) is 0 Å². The average molecular weight is 374 g/mol. The van der Waals surface area contributed by atoms with Crippen LogP contribution < -0.4 is 10.1 Å². The smallest absolute Gasteiger partial charge is 0.272 e. The van der Waals surface area contributed by atoms with Crippen molar-refractivity contribution in [1.29, 1.82) is 0 Å². The molecule has 1 aromatic carbocycles. The van der Waals surface area contributed by atoms with Gasteiger partial charge in [0.1, 0.15) is 11.4 Å². The highest BCUT2D eigenvalue weighted by Gasteiger charge is 2.11. The number of rotatable bonds is 7. The molecule has 0 aliphatic carbocycles. The first kappa shape index (κ1) is 18.0. The van der Waals surface area contributed by atoms with Crippen molar-refractivity contribution in [2.24, 2.45) is 0 Å². The molecule has 0 unspecified atom stereocenters. The predicted molar refractivity (Wildman–Crippen MR) is 98.1 cm³/mol. The summed E-state index contributed by atoms with van der Waals surface area (Å²) in [5, 5.41) is 12.0. The van der Waals surface area contributed by atoms with Gasteiger partial charge in [0.2, 0.25) is 0 Å². The van der Waals surface area contributed by atoms with Gasteiger partial charge in [-0.15, -0.1) is 0 Å². The summed E-state index contributed by atoms with van der Waals surface area (Å²) in [6.07, 6.45) is 3.48. The Labute approximate surface area is 156 Å². The number of nitrogens with one attached hydrogen (secondary N) is 1. The molecule has 7 nitrogen and oxygen atoms in total. The number of halogens is 1. The summed E-state index contributed by atoms with van der Waals surface area (Å²) in [7, 11) is 0. The third kappa shape index (κ3) is 4.23. The second-order valence-electron chi connectivity index (χ2n) is 5.72. The maximum absolute atomic E-state index is 12.3. The zero-order valence-corrected chi connectivity index (χ0v) is 15.4. The van der Waals surface area contributed by atoms with E-state index in [4.69, 9.17) is 16.3 Å². The maximum Gasteiger partial charge on any atom is 0.272 e. The number of carbonyl (C=O) groups excluding carboxylic acids is 1. The summed E-state index contributed by atoms with van der Waals surface area (Å²) in [5.74, 6) is 0.443. The summed E-state index contributed by atoms with van der Waals surface area (Å²) in [4.78, 5) is 12.3. The number of aryl methyl sites for hydroxylation is 1. The molecular formula is C18H20ClN5O2. The lowest BCUT2D eigenvalue weighted by atomic mass is 10.2. The second kappa shape index (κ2) is 8.05. The summed E-state index contributed by atoms with van der Waals surface area (Å²) >= 11 is 5.84. The van der Waals surface area contributed by atoms with Gasteiger partial charge in [-0.3, -0.25) is 9.48 Å². The molecule has 136 valence electrons. The molecule has 8 heteroatoms. The Balaban J connectivity index is 1.54. The van der Waals surface area contributed by atoms with Crippen LogP contribution in [0.3, 0.4) is 0 Å². The van der Waals surface area contributed by atoms with Gasteiger partial charge >= 0.3 is 0 Å². The van der Waals surface area contributed by atoms with Crippen LogP contribution >= 0.6 is 11.6 Å². The first-order valence-corrected chi connectivity index (χ1v) is 8.66. The minimum atomic E-state index is -0.237. The van der Waals surface area contributed by atoms with E-state index in [0.717, 1.165) is 17.8 Å². The number of nitrogens with zero attached hydrogens (tertiary/aromatic N) is 4. The fourth-order valence-electron chi connectivity index (χ4n) is 2.47. The van der Waals surface area contributed by atoms with E-state index in [1.807, 2.05) is 18.5 Å². The normalized spacial score (nSPS) is 10.7. The van der Waals surface area contributed by atoms with Crippen molar-refractivity contribution in [2.75, 3.05) is 0 Å². The molecule has 0 aliphatic heterocycles. The van der Waals surface area contributed by atoms with Gasteiger partial charge in [0.25, 0.3) is 5.91 Å². The summed E-state index contributed by atoms with van der Waals surface area (Å²) in [6, 6.07) is 8.71. The van der Waals surface area contributed by atoms with Crippen molar-refractivity contribution < 1.29 is 9.53 Å². The quantitative estimate of drug-likeness (QED) is 0.690. The fraction of sp³-hybridized carbons (Fsp3) is 0.278. The summed E-state index contributed by atoms with van der Waals surface area (Å²) in [5.41, 5.74) is 2.38. The number of carbonyl (C=O) groups is 1. The number of ether oxygens (including phenoxy) is 1. The van der Waals surface area contributed by atoms with Gasteiger partial charge in [0, 0.05) is 35.6 Å². The van der Waals surface area contributed by atoms with E-state index in [0.29, 0.717) is 23.0 Å². The van der Waals surface area contributed by atoms with Gasteiger partial charge in [-0.2, -0.15) is 10.2 Å². The van der Waals surface area contributed by atoms with E-state index in [1.54, 1.807) is 47.4 Å². The molecule has 3 aromatic rings. The van der Waals surface area contributed by atoms with Crippen LogP contribution in [0.4, 0.5) is 0 Å². The predicted octanol–water partition coefficient (Wildman–Crippen LogP) is 3.03. The summed E-state index contributed by atoms with van der Waals surface area (Å²) < 4.78 is 9.05. The minimum absolute atomic E-state index is 0.206. The molecule has 0 atom stereocenters. The zero-order valence-electron chi connectivity index (χ0n) is 14.6. The molecule has 1 N–H and O–H groups in total. The molecule has 0 bridgehead atoms. The fourth-order valence-corrected chi connectivity index (χ4v) is 2.60. The van der Waals surface area contributed by atoms with Crippen molar-refractivity contribution >= 4 is 17.5 Å². The molecule has 0 fully saturated rings. The standard InChI is InChI=1S/C18H20ClN5O2/c1-3-24-13(2)14(11-21-24)10-20-18(25)17-8-9-23(22-17)12-26-16-6-4-15(19)5-7-16/h4-9,11H,3,10,12H2,1-2H3,(H,20,25). The molecule has 0 saturated heterocycles. The average Bonchev–Trinajstić information content (AvgIpc) is 3.26. The van der Waals surface area contributed by atoms with Crippen molar-refractivity contribution in [1.82, 2.24) is 24.9 Å². The van der Waals surface area contributed by atoms with Crippen LogP contribution in [0.2, 0.25) is 5.02 Å². The first-order chi connectivity index (χ1) is 12.6. The Kier molecular flexibility index (Phi) is 5.58. The van der Waals surface area contributed by atoms with E-state index in [9.17, 15) is 4.79 Å². The molecule has 2 aromatic heterocycles. The van der Waals surface area contributed by atoms with E-state index < -0.39 is 0 Å². The Morgan fingerprint density at radius 2 is 2.04 bits per heavy atom. The molecule has 0 aliphatic rings. The number of benzene rings is 1. The van der Waals surface area contributed by atoms with Crippen LogP contribution in [0.25, 0.3) is 0 Å². The van der Waals surface area contributed by atoms with E-state index in [2.05, 4.69) is 15.5 Å². The van der Waals surface area contributed by atoms with Crippen molar-refractivity contribution in [3.05, 3.63) is 64.7 Å². The monoisotopic (exact) mass is 373 g/mol. The number of hydrogen-bond acceptors (Lipinski definition) is 4. The Morgan fingerprint density at radius 1 is 1.27 bits per heavy atom. The highest BCUT2D eigenvalue weighted by Crippen LogP contribution is 2.15. The highest BCUT2D eigenvalue weighted by molar-refractivity contribution is 6.30. The van der Waals surface area contributed by atoms with Gasteiger partial charge in [0.05, 0.1) is 6.20 Å². The van der Waals surface area contributed by atoms with Gasteiger partial charge in [-0.05, 0) is 44.2 Å². The first-order valence-electron chi connectivity index (χ1n) is 8.28.